The predicted molar refractivity (Wildman–Crippen MR) is 123 cm³/mol. The van der Waals surface area contributed by atoms with Gasteiger partial charge in [-0.25, -0.2) is 12.8 Å². The first-order valence-electron chi connectivity index (χ1n) is 11.2. The molecule has 4 rings (SSSR count). The van der Waals surface area contributed by atoms with Gasteiger partial charge < -0.3 is 10.2 Å². The van der Waals surface area contributed by atoms with E-state index in [9.17, 15) is 22.4 Å². The zero-order chi connectivity index (χ0) is 23.6. The van der Waals surface area contributed by atoms with Gasteiger partial charge in [0.1, 0.15) is 12.4 Å². The molecule has 0 saturated carbocycles. The molecule has 0 radical (unpaired) electrons. The average molecular weight is 474 g/mol. The highest BCUT2D eigenvalue weighted by Gasteiger charge is 2.33. The molecular weight excluding hydrogens is 445 g/mol. The van der Waals surface area contributed by atoms with Gasteiger partial charge in [0, 0.05) is 31.2 Å². The molecule has 2 amide bonds. The number of piperidine rings is 1. The molecule has 1 unspecified atom stereocenters. The van der Waals surface area contributed by atoms with Crippen molar-refractivity contribution < 1.29 is 22.4 Å². The number of hydrogen-bond donors (Lipinski definition) is 1. The van der Waals surface area contributed by atoms with Gasteiger partial charge in [-0.05, 0) is 67.6 Å². The van der Waals surface area contributed by atoms with Crippen LogP contribution in [-0.4, -0.2) is 43.7 Å². The average Bonchev–Trinajstić information content (AvgIpc) is 2.80. The first-order chi connectivity index (χ1) is 15.8. The molecule has 0 bridgehead atoms. The van der Waals surface area contributed by atoms with Crippen molar-refractivity contribution in [1.29, 1.82) is 0 Å². The van der Waals surface area contributed by atoms with Crippen LogP contribution >= 0.6 is 0 Å². The number of anilines is 1. The molecule has 1 fully saturated rings. The maximum Gasteiger partial charge on any atom is 0.243 e. The van der Waals surface area contributed by atoms with E-state index in [0.29, 0.717) is 18.7 Å². The monoisotopic (exact) mass is 473 g/mol. The summed E-state index contributed by atoms with van der Waals surface area (Å²) in [6, 6.07) is 10.6. The van der Waals surface area contributed by atoms with E-state index in [1.165, 1.54) is 23.1 Å². The van der Waals surface area contributed by atoms with Crippen LogP contribution in [0, 0.1) is 5.82 Å². The van der Waals surface area contributed by atoms with Gasteiger partial charge in [0.15, 0.2) is 0 Å². The zero-order valence-corrected chi connectivity index (χ0v) is 19.4. The van der Waals surface area contributed by atoms with Gasteiger partial charge in [-0.15, -0.1) is 0 Å². The maximum atomic E-state index is 13.2. The van der Waals surface area contributed by atoms with E-state index in [2.05, 4.69) is 5.32 Å². The van der Waals surface area contributed by atoms with Crippen LogP contribution in [0.2, 0.25) is 0 Å². The SMILES string of the molecule is CC1CCCCN1S(=O)(=O)c1ccc2c(c1)CCC(=O)N2CC(=O)NCc1ccc(F)cc1. The second-order valence-electron chi connectivity index (χ2n) is 8.63. The molecule has 2 aliphatic rings. The summed E-state index contributed by atoms with van der Waals surface area (Å²) in [6.45, 7) is 2.50. The quantitative estimate of drug-likeness (QED) is 0.699. The number of sulfonamides is 1. The topological polar surface area (TPSA) is 86.8 Å². The van der Waals surface area contributed by atoms with E-state index in [4.69, 9.17) is 0 Å². The highest BCUT2D eigenvalue weighted by atomic mass is 32.2. The van der Waals surface area contributed by atoms with Crippen molar-refractivity contribution in [3.05, 3.63) is 59.4 Å². The molecule has 33 heavy (non-hydrogen) atoms. The number of nitrogens with one attached hydrogen (secondary N) is 1. The summed E-state index contributed by atoms with van der Waals surface area (Å²) in [5.41, 5.74) is 2.05. The molecule has 9 heteroatoms. The third kappa shape index (κ3) is 5.09. The summed E-state index contributed by atoms with van der Waals surface area (Å²) in [6.07, 6.45) is 3.36. The second-order valence-corrected chi connectivity index (χ2v) is 10.5. The molecule has 7 nitrogen and oxygen atoms in total. The highest BCUT2D eigenvalue weighted by molar-refractivity contribution is 7.89. The van der Waals surface area contributed by atoms with Gasteiger partial charge in [0.2, 0.25) is 21.8 Å². The second kappa shape index (κ2) is 9.61. The fourth-order valence-electron chi connectivity index (χ4n) is 4.44. The van der Waals surface area contributed by atoms with Gasteiger partial charge in [-0.3, -0.25) is 9.59 Å². The lowest BCUT2D eigenvalue weighted by Crippen LogP contribution is -2.43. The molecular formula is C24H28FN3O4S. The summed E-state index contributed by atoms with van der Waals surface area (Å²) in [5.74, 6) is -0.879. The smallest absolute Gasteiger partial charge is 0.243 e. The Kier molecular flexibility index (Phi) is 6.81. The maximum absolute atomic E-state index is 13.2. The molecule has 0 aliphatic carbocycles. The van der Waals surface area contributed by atoms with Crippen LogP contribution in [0.3, 0.4) is 0 Å². The Hall–Kier alpha value is -2.78. The van der Waals surface area contributed by atoms with Crippen LogP contribution in [0.4, 0.5) is 10.1 Å². The van der Waals surface area contributed by atoms with Crippen molar-refractivity contribution >= 4 is 27.5 Å². The molecule has 1 N–H and O–H groups in total. The fraction of sp³-hybridized carbons (Fsp3) is 0.417. The summed E-state index contributed by atoms with van der Waals surface area (Å²) in [4.78, 5) is 26.7. The van der Waals surface area contributed by atoms with Gasteiger partial charge in [-0.2, -0.15) is 4.31 Å². The molecule has 0 spiro atoms. The third-order valence-corrected chi connectivity index (χ3v) is 8.31. The summed E-state index contributed by atoms with van der Waals surface area (Å²) < 4.78 is 41.0. The Bertz CT molecular complexity index is 1150. The molecule has 1 atom stereocenters. The van der Waals surface area contributed by atoms with Crippen molar-refractivity contribution in [1.82, 2.24) is 9.62 Å². The Labute approximate surface area is 193 Å². The first-order valence-corrected chi connectivity index (χ1v) is 12.7. The van der Waals surface area contributed by atoms with Crippen molar-refractivity contribution in [2.45, 2.75) is 56.5 Å². The molecule has 176 valence electrons. The summed E-state index contributed by atoms with van der Waals surface area (Å²) in [7, 11) is -3.62. The number of carbonyl (C=O) groups is 2. The van der Waals surface area contributed by atoms with E-state index < -0.39 is 10.0 Å². The normalized spacial score (nSPS) is 19.3. The number of benzene rings is 2. The predicted octanol–water partition coefficient (Wildman–Crippen LogP) is 2.98. The number of hydrogen-bond acceptors (Lipinski definition) is 4. The Balaban J connectivity index is 1.49. The Morgan fingerprint density at radius 1 is 1.12 bits per heavy atom. The van der Waals surface area contributed by atoms with Crippen molar-refractivity contribution in [3.63, 3.8) is 0 Å². The number of nitrogens with zero attached hydrogens (tertiary/aromatic N) is 2. The lowest BCUT2D eigenvalue weighted by atomic mass is 10.0. The van der Waals surface area contributed by atoms with Crippen molar-refractivity contribution in [3.8, 4) is 0 Å². The molecule has 2 aromatic carbocycles. The van der Waals surface area contributed by atoms with Crippen molar-refractivity contribution in [2.24, 2.45) is 0 Å². The Morgan fingerprint density at radius 3 is 2.61 bits per heavy atom. The lowest BCUT2D eigenvalue weighted by molar-refractivity contribution is -0.124. The standard InChI is InChI=1S/C24H28FN3O4S/c1-17-4-2-3-13-28(17)33(31,32)21-10-11-22-19(14-21)7-12-24(30)27(22)16-23(29)26-15-18-5-8-20(25)9-6-18/h5-6,8-11,14,17H,2-4,7,12-13,15-16H2,1H3,(H,26,29). The van der Waals surface area contributed by atoms with Gasteiger partial charge in [-0.1, -0.05) is 18.6 Å². The number of fused-ring (bicyclic) bond motifs is 1. The minimum absolute atomic E-state index is 0.0392. The lowest BCUT2D eigenvalue weighted by Gasteiger charge is -2.33. The fourth-order valence-corrected chi connectivity index (χ4v) is 6.19. The van der Waals surface area contributed by atoms with Crippen molar-refractivity contribution in [2.75, 3.05) is 18.0 Å². The number of aryl methyl sites for hydroxylation is 1. The molecule has 0 aromatic heterocycles. The van der Waals surface area contributed by atoms with Crippen LogP contribution in [-0.2, 0) is 32.6 Å². The molecule has 2 heterocycles. The number of carbonyl (C=O) groups excluding carboxylic acids is 2. The largest absolute Gasteiger partial charge is 0.350 e. The van der Waals surface area contributed by atoms with E-state index in [-0.39, 0.29) is 48.1 Å². The van der Waals surface area contributed by atoms with Crippen LogP contribution < -0.4 is 10.2 Å². The van der Waals surface area contributed by atoms with Gasteiger partial charge >= 0.3 is 0 Å². The third-order valence-electron chi connectivity index (χ3n) is 6.30. The summed E-state index contributed by atoms with van der Waals surface area (Å²) >= 11 is 0. The molecule has 2 aliphatic heterocycles. The van der Waals surface area contributed by atoms with E-state index in [1.54, 1.807) is 28.6 Å². The number of halogens is 1. The minimum atomic E-state index is -3.62. The number of amides is 2. The molecule has 2 aromatic rings. The van der Waals surface area contributed by atoms with Gasteiger partial charge in [0.25, 0.3) is 0 Å². The first kappa shape index (κ1) is 23.4. The molecule has 1 saturated heterocycles. The van der Waals surface area contributed by atoms with Gasteiger partial charge in [0.05, 0.1) is 4.90 Å². The highest BCUT2D eigenvalue weighted by Crippen LogP contribution is 2.32. The zero-order valence-electron chi connectivity index (χ0n) is 18.6. The summed E-state index contributed by atoms with van der Waals surface area (Å²) in [5, 5.41) is 2.74. The van der Waals surface area contributed by atoms with Crippen LogP contribution in [0.15, 0.2) is 47.4 Å². The van der Waals surface area contributed by atoms with Crippen LogP contribution in [0.5, 0.6) is 0 Å². The van der Waals surface area contributed by atoms with Crippen LogP contribution in [0.25, 0.3) is 0 Å². The Morgan fingerprint density at radius 2 is 1.88 bits per heavy atom. The van der Waals surface area contributed by atoms with E-state index in [1.807, 2.05) is 6.92 Å². The number of rotatable bonds is 6. The van der Waals surface area contributed by atoms with E-state index in [0.717, 1.165) is 30.4 Å². The van der Waals surface area contributed by atoms with E-state index >= 15 is 0 Å². The van der Waals surface area contributed by atoms with Crippen LogP contribution in [0.1, 0.15) is 43.7 Å². The minimum Gasteiger partial charge on any atom is -0.350 e.